The van der Waals surface area contributed by atoms with Crippen LogP contribution >= 0.6 is 15.9 Å². The Hall–Kier alpha value is -1.83. The molecule has 1 saturated heterocycles. The molecule has 142 valence electrons. The van der Waals surface area contributed by atoms with Gasteiger partial charge in [-0.05, 0) is 37.8 Å². The molecule has 0 bridgehead atoms. The molecule has 6 nitrogen and oxygen atoms in total. The van der Waals surface area contributed by atoms with Crippen LogP contribution in [-0.4, -0.2) is 54.1 Å². The van der Waals surface area contributed by atoms with Crippen LogP contribution in [0.2, 0.25) is 0 Å². The SMILES string of the molecule is CNC(=O)N1CCC[C@@H](N(C(=O)NCc2ccc(Br)cc2F)C2CC2)C1. The third kappa shape index (κ3) is 4.47. The lowest BCUT2D eigenvalue weighted by Crippen LogP contribution is -2.56. The van der Waals surface area contributed by atoms with E-state index in [9.17, 15) is 14.0 Å². The molecule has 0 radical (unpaired) electrons. The molecule has 1 heterocycles. The summed E-state index contributed by atoms with van der Waals surface area (Å²) in [7, 11) is 1.62. The molecule has 3 rings (SSSR count). The lowest BCUT2D eigenvalue weighted by molar-refractivity contribution is 0.116. The summed E-state index contributed by atoms with van der Waals surface area (Å²) in [5.74, 6) is -0.346. The molecule has 2 N–H and O–H groups in total. The van der Waals surface area contributed by atoms with Crippen molar-refractivity contribution in [3.05, 3.63) is 34.1 Å². The molecule has 8 heteroatoms. The molecule has 4 amide bonds. The van der Waals surface area contributed by atoms with Gasteiger partial charge in [0.1, 0.15) is 5.82 Å². The van der Waals surface area contributed by atoms with E-state index in [4.69, 9.17) is 0 Å². The predicted octanol–water partition coefficient (Wildman–Crippen LogP) is 3.07. The van der Waals surface area contributed by atoms with Crippen molar-refractivity contribution < 1.29 is 14.0 Å². The summed E-state index contributed by atoms with van der Waals surface area (Å²) in [5, 5.41) is 5.50. The molecule has 1 aromatic carbocycles. The van der Waals surface area contributed by atoms with Crippen molar-refractivity contribution >= 4 is 28.0 Å². The average molecular weight is 427 g/mol. The first-order valence-electron chi connectivity index (χ1n) is 8.96. The van der Waals surface area contributed by atoms with E-state index in [-0.39, 0.29) is 36.5 Å². The fraction of sp³-hybridized carbons (Fsp3) is 0.556. The minimum Gasteiger partial charge on any atom is -0.341 e. The Kier molecular flexibility index (Phi) is 6.01. The summed E-state index contributed by atoms with van der Waals surface area (Å²) in [4.78, 5) is 28.3. The fourth-order valence-electron chi connectivity index (χ4n) is 3.43. The molecular formula is C18H24BrFN4O2. The highest BCUT2D eigenvalue weighted by Gasteiger charge is 2.39. The van der Waals surface area contributed by atoms with Gasteiger partial charge in [-0.2, -0.15) is 0 Å². The van der Waals surface area contributed by atoms with Crippen molar-refractivity contribution in [2.24, 2.45) is 0 Å². The molecular weight excluding hydrogens is 403 g/mol. The number of amides is 4. The highest BCUT2D eigenvalue weighted by molar-refractivity contribution is 9.10. The Morgan fingerprint density at radius 2 is 2.08 bits per heavy atom. The summed E-state index contributed by atoms with van der Waals surface area (Å²) in [5.41, 5.74) is 0.452. The van der Waals surface area contributed by atoms with E-state index in [0.29, 0.717) is 23.1 Å². The van der Waals surface area contributed by atoms with E-state index in [1.54, 1.807) is 24.1 Å². The molecule has 1 saturated carbocycles. The zero-order chi connectivity index (χ0) is 18.7. The molecule has 1 aliphatic carbocycles. The van der Waals surface area contributed by atoms with E-state index in [0.717, 1.165) is 25.7 Å². The van der Waals surface area contributed by atoms with Crippen LogP contribution in [0.15, 0.2) is 22.7 Å². The third-order valence-corrected chi connectivity index (χ3v) is 5.40. The van der Waals surface area contributed by atoms with Gasteiger partial charge in [0.15, 0.2) is 0 Å². The predicted molar refractivity (Wildman–Crippen MR) is 100 cm³/mol. The van der Waals surface area contributed by atoms with Crippen molar-refractivity contribution in [3.63, 3.8) is 0 Å². The zero-order valence-electron chi connectivity index (χ0n) is 14.8. The van der Waals surface area contributed by atoms with E-state index in [2.05, 4.69) is 26.6 Å². The van der Waals surface area contributed by atoms with Crippen LogP contribution < -0.4 is 10.6 Å². The first-order valence-corrected chi connectivity index (χ1v) is 9.75. The van der Waals surface area contributed by atoms with Crippen LogP contribution in [0.25, 0.3) is 0 Å². The monoisotopic (exact) mass is 426 g/mol. The minimum absolute atomic E-state index is 0.00307. The van der Waals surface area contributed by atoms with Crippen molar-refractivity contribution in [2.75, 3.05) is 20.1 Å². The number of hydrogen-bond acceptors (Lipinski definition) is 2. The molecule has 2 aliphatic rings. The van der Waals surface area contributed by atoms with Crippen LogP contribution in [0.1, 0.15) is 31.2 Å². The minimum atomic E-state index is -0.346. The van der Waals surface area contributed by atoms with Gasteiger partial charge in [0, 0.05) is 42.8 Å². The smallest absolute Gasteiger partial charge is 0.318 e. The summed E-state index contributed by atoms with van der Waals surface area (Å²) < 4.78 is 14.6. The molecule has 0 spiro atoms. The second kappa shape index (κ2) is 8.24. The van der Waals surface area contributed by atoms with Crippen LogP contribution in [-0.2, 0) is 6.54 Å². The maximum atomic E-state index is 14.0. The van der Waals surface area contributed by atoms with Gasteiger partial charge >= 0.3 is 12.1 Å². The maximum absolute atomic E-state index is 14.0. The number of rotatable bonds is 4. The molecule has 0 unspecified atom stereocenters. The quantitative estimate of drug-likeness (QED) is 0.776. The Bertz CT molecular complexity index is 683. The lowest BCUT2D eigenvalue weighted by atomic mass is 10.0. The molecule has 2 fully saturated rings. The topological polar surface area (TPSA) is 64.7 Å². The summed E-state index contributed by atoms with van der Waals surface area (Å²) in [6.45, 7) is 1.39. The van der Waals surface area contributed by atoms with Gasteiger partial charge in [-0.25, -0.2) is 14.0 Å². The van der Waals surface area contributed by atoms with E-state index in [1.165, 1.54) is 6.07 Å². The normalized spacial score (nSPS) is 19.8. The number of carbonyl (C=O) groups excluding carboxylic acids is 2. The van der Waals surface area contributed by atoms with Crippen LogP contribution in [0.4, 0.5) is 14.0 Å². The Labute approximate surface area is 161 Å². The molecule has 1 aliphatic heterocycles. The number of urea groups is 2. The van der Waals surface area contributed by atoms with Crippen molar-refractivity contribution in [1.82, 2.24) is 20.4 Å². The van der Waals surface area contributed by atoms with Crippen LogP contribution in [0, 0.1) is 5.82 Å². The van der Waals surface area contributed by atoms with Gasteiger partial charge < -0.3 is 20.4 Å². The summed E-state index contributed by atoms with van der Waals surface area (Å²) in [6, 6.07) is 4.74. The lowest BCUT2D eigenvalue weighted by Gasteiger charge is -2.39. The molecule has 26 heavy (non-hydrogen) atoms. The maximum Gasteiger partial charge on any atom is 0.318 e. The number of benzene rings is 1. The molecule has 0 aromatic heterocycles. The van der Waals surface area contributed by atoms with Gasteiger partial charge in [-0.15, -0.1) is 0 Å². The van der Waals surface area contributed by atoms with E-state index in [1.807, 2.05) is 4.90 Å². The number of carbonyl (C=O) groups is 2. The number of nitrogens with zero attached hydrogens (tertiary/aromatic N) is 2. The van der Waals surface area contributed by atoms with Crippen molar-refractivity contribution in [2.45, 2.75) is 44.3 Å². The number of piperidine rings is 1. The first kappa shape index (κ1) is 18.9. The largest absolute Gasteiger partial charge is 0.341 e. The molecule has 1 aromatic rings. The van der Waals surface area contributed by atoms with E-state index >= 15 is 0 Å². The highest BCUT2D eigenvalue weighted by Crippen LogP contribution is 2.31. The van der Waals surface area contributed by atoms with Crippen LogP contribution in [0.5, 0.6) is 0 Å². The number of likely N-dealkylation sites (tertiary alicyclic amines) is 1. The Morgan fingerprint density at radius 1 is 1.31 bits per heavy atom. The molecule has 1 atom stereocenters. The summed E-state index contributed by atoms with van der Waals surface area (Å²) >= 11 is 3.23. The van der Waals surface area contributed by atoms with E-state index < -0.39 is 0 Å². The zero-order valence-corrected chi connectivity index (χ0v) is 16.4. The second-order valence-electron chi connectivity index (χ2n) is 6.83. The number of nitrogens with one attached hydrogen (secondary N) is 2. The van der Waals surface area contributed by atoms with Gasteiger partial charge in [0.2, 0.25) is 0 Å². The standard InChI is InChI=1S/C18H24BrFN4O2/c1-21-17(25)23-8-2-3-15(11-23)24(14-6-7-14)18(26)22-10-12-4-5-13(19)9-16(12)20/h4-5,9,14-15H,2-3,6-8,10-11H2,1H3,(H,21,25)(H,22,26)/t15-/m1/s1. The second-order valence-corrected chi connectivity index (χ2v) is 7.75. The van der Waals surface area contributed by atoms with Crippen molar-refractivity contribution in [3.8, 4) is 0 Å². The Balaban J connectivity index is 1.63. The summed E-state index contributed by atoms with van der Waals surface area (Å²) in [6.07, 6.45) is 3.72. The van der Waals surface area contributed by atoms with Crippen molar-refractivity contribution in [1.29, 1.82) is 0 Å². The fourth-order valence-corrected chi connectivity index (χ4v) is 3.77. The number of halogens is 2. The number of hydrogen-bond donors (Lipinski definition) is 2. The highest BCUT2D eigenvalue weighted by atomic mass is 79.9. The van der Waals surface area contributed by atoms with Gasteiger partial charge in [-0.1, -0.05) is 22.0 Å². The average Bonchev–Trinajstić information content (AvgIpc) is 3.45. The van der Waals surface area contributed by atoms with Gasteiger partial charge in [0.05, 0.1) is 6.04 Å². The first-order chi connectivity index (χ1) is 12.5. The van der Waals surface area contributed by atoms with Gasteiger partial charge in [0.25, 0.3) is 0 Å². The van der Waals surface area contributed by atoms with Crippen LogP contribution in [0.3, 0.4) is 0 Å². The third-order valence-electron chi connectivity index (χ3n) is 4.91. The Morgan fingerprint density at radius 3 is 2.73 bits per heavy atom. The van der Waals surface area contributed by atoms with Gasteiger partial charge in [-0.3, -0.25) is 0 Å².